The van der Waals surface area contributed by atoms with Crippen molar-refractivity contribution in [2.45, 2.75) is 27.3 Å². The highest BCUT2D eigenvalue weighted by Crippen LogP contribution is 2.02. The van der Waals surface area contributed by atoms with Gasteiger partial charge in [0.15, 0.2) is 5.78 Å². The monoisotopic (exact) mass is 320 g/mol. The van der Waals surface area contributed by atoms with Crippen LogP contribution in [0, 0.1) is 16.4 Å². The van der Waals surface area contributed by atoms with E-state index in [4.69, 9.17) is 0 Å². The van der Waals surface area contributed by atoms with E-state index in [9.17, 15) is 9.59 Å². The summed E-state index contributed by atoms with van der Waals surface area (Å²) in [5, 5.41) is 0. The molecule has 0 amide bonds. The predicted octanol–water partition coefficient (Wildman–Crippen LogP) is 1.38. The molecule has 0 N–H and O–H groups in total. The molecule has 0 aromatic carbocycles. The molecular weight excluding hydrogens is 307 g/mol. The maximum atomic E-state index is 11.7. The fourth-order valence-electron chi connectivity index (χ4n) is 1.01. The van der Waals surface area contributed by atoms with E-state index in [0.717, 1.165) is 0 Å². The number of halogens is 1. The first-order valence-corrected chi connectivity index (χ1v) is 5.75. The number of carbonyl (C=O) groups excluding carboxylic acids is 1. The Bertz CT molecular complexity index is 438. The average Bonchev–Trinajstić information content (AvgIpc) is 2.18. The van der Waals surface area contributed by atoms with Crippen molar-refractivity contribution in [2.24, 2.45) is 5.92 Å². The topological polar surface area (TPSA) is 52.0 Å². The average molecular weight is 320 g/mol. The van der Waals surface area contributed by atoms with Gasteiger partial charge in [-0.05, 0) is 29.5 Å². The second kappa shape index (κ2) is 4.87. The Hall–Kier alpha value is -0.720. The SMILES string of the molecule is Cc1ncn(CC(=O)C(C)C)c(=O)c1I. The number of hydrogen-bond acceptors (Lipinski definition) is 3. The molecule has 0 atom stereocenters. The summed E-state index contributed by atoms with van der Waals surface area (Å²) in [6, 6.07) is 0. The van der Waals surface area contributed by atoms with E-state index >= 15 is 0 Å². The maximum Gasteiger partial charge on any atom is 0.267 e. The molecule has 1 aromatic rings. The molecule has 0 bridgehead atoms. The number of rotatable bonds is 3. The highest BCUT2D eigenvalue weighted by atomic mass is 127. The van der Waals surface area contributed by atoms with Crippen molar-refractivity contribution in [3.63, 3.8) is 0 Å². The molecule has 0 radical (unpaired) electrons. The van der Waals surface area contributed by atoms with Gasteiger partial charge < -0.3 is 0 Å². The van der Waals surface area contributed by atoms with Gasteiger partial charge in [-0.1, -0.05) is 13.8 Å². The minimum Gasteiger partial charge on any atom is -0.297 e. The summed E-state index contributed by atoms with van der Waals surface area (Å²) in [6.45, 7) is 5.53. The smallest absolute Gasteiger partial charge is 0.267 e. The first-order chi connectivity index (χ1) is 6.93. The lowest BCUT2D eigenvalue weighted by atomic mass is 10.1. The fourth-order valence-corrected chi connectivity index (χ4v) is 1.46. The maximum absolute atomic E-state index is 11.7. The molecule has 0 aliphatic rings. The molecular formula is C10H13IN2O2. The minimum absolute atomic E-state index is 0.0403. The molecule has 0 unspecified atom stereocenters. The second-order valence-electron chi connectivity index (χ2n) is 3.70. The summed E-state index contributed by atoms with van der Waals surface area (Å²) < 4.78 is 1.93. The molecule has 1 aromatic heterocycles. The van der Waals surface area contributed by atoms with Gasteiger partial charge in [0, 0.05) is 5.92 Å². The molecule has 1 rings (SSSR count). The van der Waals surface area contributed by atoms with Gasteiger partial charge in [-0.25, -0.2) is 4.98 Å². The van der Waals surface area contributed by atoms with Crippen LogP contribution in [0.25, 0.3) is 0 Å². The van der Waals surface area contributed by atoms with E-state index in [1.807, 2.05) is 36.4 Å². The number of Topliss-reactive ketones (excluding diaryl/α,β-unsaturated/α-hetero) is 1. The normalized spacial score (nSPS) is 10.7. The van der Waals surface area contributed by atoms with Crippen LogP contribution in [0.1, 0.15) is 19.5 Å². The molecule has 0 spiro atoms. The number of ketones is 1. The van der Waals surface area contributed by atoms with Gasteiger partial charge in [0.25, 0.3) is 5.56 Å². The lowest BCUT2D eigenvalue weighted by Crippen LogP contribution is -2.28. The molecule has 0 fully saturated rings. The van der Waals surface area contributed by atoms with Crippen LogP contribution in [-0.2, 0) is 11.3 Å². The summed E-state index contributed by atoms with van der Waals surface area (Å²) in [6.07, 6.45) is 1.43. The van der Waals surface area contributed by atoms with Crippen molar-refractivity contribution in [1.29, 1.82) is 0 Å². The fraction of sp³-hybridized carbons (Fsp3) is 0.500. The van der Waals surface area contributed by atoms with Crippen LogP contribution < -0.4 is 5.56 Å². The predicted molar refractivity (Wildman–Crippen MR) is 65.8 cm³/mol. The molecule has 4 nitrogen and oxygen atoms in total. The van der Waals surface area contributed by atoms with Gasteiger partial charge in [-0.3, -0.25) is 14.2 Å². The molecule has 0 aliphatic heterocycles. The van der Waals surface area contributed by atoms with E-state index in [1.54, 1.807) is 6.92 Å². The lowest BCUT2D eigenvalue weighted by molar-refractivity contribution is -0.122. The third-order valence-electron chi connectivity index (χ3n) is 2.13. The largest absolute Gasteiger partial charge is 0.297 e. The third kappa shape index (κ3) is 2.87. The molecule has 82 valence electrons. The highest BCUT2D eigenvalue weighted by molar-refractivity contribution is 14.1. The standard InChI is InChI=1S/C10H13IN2O2/c1-6(2)8(14)4-13-5-12-7(3)9(11)10(13)15/h5-6H,4H2,1-3H3. The summed E-state index contributed by atoms with van der Waals surface area (Å²) in [4.78, 5) is 27.2. The van der Waals surface area contributed by atoms with E-state index in [-0.39, 0.29) is 23.8 Å². The summed E-state index contributed by atoms with van der Waals surface area (Å²) >= 11 is 1.95. The van der Waals surface area contributed by atoms with E-state index in [2.05, 4.69) is 4.98 Å². The Morgan fingerprint density at radius 2 is 2.20 bits per heavy atom. The summed E-state index contributed by atoms with van der Waals surface area (Å²) in [5.41, 5.74) is 0.561. The molecule has 15 heavy (non-hydrogen) atoms. The number of aryl methyl sites for hydroxylation is 1. The number of carbonyl (C=O) groups is 1. The molecule has 1 heterocycles. The Labute approximate surface area is 102 Å². The molecule has 0 saturated carbocycles. The molecule has 0 saturated heterocycles. The minimum atomic E-state index is -0.142. The Morgan fingerprint density at radius 3 is 2.73 bits per heavy atom. The van der Waals surface area contributed by atoms with Crippen LogP contribution in [0.5, 0.6) is 0 Å². The van der Waals surface area contributed by atoms with Gasteiger partial charge >= 0.3 is 0 Å². The van der Waals surface area contributed by atoms with Crippen molar-refractivity contribution in [1.82, 2.24) is 9.55 Å². The highest BCUT2D eigenvalue weighted by Gasteiger charge is 2.11. The van der Waals surface area contributed by atoms with Gasteiger partial charge in [0.05, 0.1) is 22.1 Å². The lowest BCUT2D eigenvalue weighted by Gasteiger charge is -2.07. The van der Waals surface area contributed by atoms with Crippen LogP contribution in [-0.4, -0.2) is 15.3 Å². The number of nitrogens with zero attached hydrogens (tertiary/aromatic N) is 2. The van der Waals surface area contributed by atoms with Crippen molar-refractivity contribution < 1.29 is 4.79 Å². The van der Waals surface area contributed by atoms with Gasteiger partial charge in [0.1, 0.15) is 0 Å². The van der Waals surface area contributed by atoms with Crippen molar-refractivity contribution in [2.75, 3.05) is 0 Å². The Kier molecular flexibility index (Phi) is 4.01. The summed E-state index contributed by atoms with van der Waals surface area (Å²) in [7, 11) is 0. The number of aromatic nitrogens is 2. The van der Waals surface area contributed by atoms with Crippen LogP contribution in [0.3, 0.4) is 0 Å². The van der Waals surface area contributed by atoms with E-state index in [1.165, 1.54) is 10.9 Å². The Morgan fingerprint density at radius 1 is 1.60 bits per heavy atom. The quantitative estimate of drug-likeness (QED) is 0.791. The summed E-state index contributed by atoms with van der Waals surface area (Å²) in [5.74, 6) is -0.0191. The van der Waals surface area contributed by atoms with E-state index < -0.39 is 0 Å². The van der Waals surface area contributed by atoms with Crippen LogP contribution in [0.4, 0.5) is 0 Å². The zero-order valence-corrected chi connectivity index (χ0v) is 11.1. The first kappa shape index (κ1) is 12.4. The Balaban J connectivity index is 3.03. The van der Waals surface area contributed by atoms with Crippen molar-refractivity contribution in [3.05, 3.63) is 25.9 Å². The van der Waals surface area contributed by atoms with Crippen LogP contribution in [0.2, 0.25) is 0 Å². The number of hydrogen-bond donors (Lipinski definition) is 0. The van der Waals surface area contributed by atoms with E-state index in [0.29, 0.717) is 9.26 Å². The van der Waals surface area contributed by atoms with Crippen LogP contribution in [0.15, 0.2) is 11.1 Å². The third-order valence-corrected chi connectivity index (χ3v) is 3.37. The molecule has 5 heteroatoms. The van der Waals surface area contributed by atoms with Gasteiger partial charge in [-0.2, -0.15) is 0 Å². The molecule has 0 aliphatic carbocycles. The van der Waals surface area contributed by atoms with Gasteiger partial charge in [0.2, 0.25) is 0 Å². The second-order valence-corrected chi connectivity index (χ2v) is 4.78. The van der Waals surface area contributed by atoms with Crippen LogP contribution >= 0.6 is 22.6 Å². The zero-order chi connectivity index (χ0) is 11.6. The van der Waals surface area contributed by atoms with Gasteiger partial charge in [-0.15, -0.1) is 0 Å². The zero-order valence-electron chi connectivity index (χ0n) is 8.95. The first-order valence-electron chi connectivity index (χ1n) is 4.67. The van der Waals surface area contributed by atoms with Crippen molar-refractivity contribution >= 4 is 28.4 Å². The van der Waals surface area contributed by atoms with Crippen molar-refractivity contribution in [3.8, 4) is 0 Å².